The van der Waals surface area contributed by atoms with E-state index in [1.807, 2.05) is 0 Å². The Labute approximate surface area is 138 Å². The average molecular weight is 393 g/mol. The van der Waals surface area contributed by atoms with Gasteiger partial charge in [0.05, 0.1) is 26.0 Å². The molecule has 1 N–H and O–H groups in total. The van der Waals surface area contributed by atoms with Gasteiger partial charge in [-0.15, -0.1) is 0 Å². The SMILES string of the molecule is O=[N+]([O-])c1cc(Cl)c(Cl)cc1Oc1ccc(CO)cc1Br. The Morgan fingerprint density at radius 1 is 1.19 bits per heavy atom. The summed E-state index contributed by atoms with van der Waals surface area (Å²) in [5.41, 5.74) is 0.389. The lowest BCUT2D eigenvalue weighted by Crippen LogP contribution is -1.95. The van der Waals surface area contributed by atoms with Crippen molar-refractivity contribution in [3.05, 3.63) is 60.5 Å². The van der Waals surface area contributed by atoms with Crippen LogP contribution in [0.25, 0.3) is 0 Å². The molecule has 0 fully saturated rings. The van der Waals surface area contributed by atoms with Crippen LogP contribution in [-0.4, -0.2) is 10.0 Å². The van der Waals surface area contributed by atoms with E-state index in [1.54, 1.807) is 18.2 Å². The second-order valence-electron chi connectivity index (χ2n) is 4.02. The Hall–Kier alpha value is -1.34. The first-order chi connectivity index (χ1) is 9.92. The van der Waals surface area contributed by atoms with Crippen LogP contribution in [0.3, 0.4) is 0 Å². The summed E-state index contributed by atoms with van der Waals surface area (Å²) in [6, 6.07) is 7.30. The third-order valence-corrected chi connectivity index (χ3v) is 3.94. The van der Waals surface area contributed by atoms with Crippen LogP contribution in [0.4, 0.5) is 5.69 Å². The summed E-state index contributed by atoms with van der Waals surface area (Å²) >= 11 is 14.9. The number of aliphatic hydroxyl groups is 1. The molecule has 21 heavy (non-hydrogen) atoms. The largest absolute Gasteiger partial charge is 0.449 e. The van der Waals surface area contributed by atoms with Crippen LogP contribution in [-0.2, 0) is 6.61 Å². The second kappa shape index (κ2) is 6.62. The standard InChI is InChI=1S/C13H8BrCl2NO4/c14-8-3-7(6-18)1-2-12(8)21-13-5-10(16)9(15)4-11(13)17(19)20/h1-5,18H,6H2. The van der Waals surface area contributed by atoms with Crippen molar-refractivity contribution in [3.8, 4) is 11.5 Å². The van der Waals surface area contributed by atoms with Gasteiger partial charge in [-0.2, -0.15) is 0 Å². The molecule has 0 aromatic heterocycles. The molecule has 0 saturated heterocycles. The molecule has 5 nitrogen and oxygen atoms in total. The first kappa shape index (κ1) is 16.0. The fourth-order valence-corrected chi connectivity index (χ4v) is 2.41. The molecule has 0 aliphatic carbocycles. The Morgan fingerprint density at radius 3 is 2.43 bits per heavy atom. The summed E-state index contributed by atoms with van der Waals surface area (Å²) in [5, 5.41) is 20.3. The van der Waals surface area contributed by atoms with E-state index in [1.165, 1.54) is 6.07 Å². The van der Waals surface area contributed by atoms with Crippen LogP contribution in [0, 0.1) is 10.1 Å². The maximum atomic E-state index is 11.0. The molecule has 2 aromatic carbocycles. The van der Waals surface area contributed by atoms with Crippen LogP contribution in [0.15, 0.2) is 34.8 Å². The summed E-state index contributed by atoms with van der Waals surface area (Å²) in [6.45, 7) is -0.119. The molecule has 0 aliphatic rings. The van der Waals surface area contributed by atoms with Crippen molar-refractivity contribution in [2.45, 2.75) is 6.61 Å². The predicted molar refractivity (Wildman–Crippen MR) is 83.3 cm³/mol. The van der Waals surface area contributed by atoms with Crippen molar-refractivity contribution in [1.29, 1.82) is 0 Å². The first-order valence-corrected chi connectivity index (χ1v) is 7.18. The van der Waals surface area contributed by atoms with Crippen LogP contribution < -0.4 is 4.74 Å². The molecule has 0 spiro atoms. The Balaban J connectivity index is 2.43. The van der Waals surface area contributed by atoms with Crippen molar-refractivity contribution < 1.29 is 14.8 Å². The number of hydrogen-bond acceptors (Lipinski definition) is 4. The van der Waals surface area contributed by atoms with Crippen molar-refractivity contribution >= 4 is 44.8 Å². The van der Waals surface area contributed by atoms with Crippen LogP contribution >= 0.6 is 39.1 Å². The number of benzene rings is 2. The lowest BCUT2D eigenvalue weighted by molar-refractivity contribution is -0.385. The molecule has 0 atom stereocenters. The monoisotopic (exact) mass is 391 g/mol. The molecule has 0 bridgehead atoms. The molecular formula is C13H8BrCl2NO4. The van der Waals surface area contributed by atoms with Gasteiger partial charge >= 0.3 is 5.69 Å². The topological polar surface area (TPSA) is 72.6 Å². The zero-order valence-electron chi connectivity index (χ0n) is 10.3. The quantitative estimate of drug-likeness (QED) is 0.590. The summed E-state index contributed by atoms with van der Waals surface area (Å²) in [7, 11) is 0. The van der Waals surface area contributed by atoms with Gasteiger partial charge in [-0.25, -0.2) is 0 Å². The van der Waals surface area contributed by atoms with Crippen molar-refractivity contribution in [2.24, 2.45) is 0 Å². The summed E-state index contributed by atoms with van der Waals surface area (Å²) < 4.78 is 6.07. The van der Waals surface area contributed by atoms with Gasteiger partial charge < -0.3 is 9.84 Å². The molecule has 0 aliphatic heterocycles. The zero-order valence-corrected chi connectivity index (χ0v) is 13.4. The number of nitro groups is 1. The molecular weight excluding hydrogens is 385 g/mol. The number of nitro benzene ring substituents is 1. The molecule has 0 heterocycles. The predicted octanol–water partition coefficient (Wildman–Crippen LogP) is 4.95. The fourth-order valence-electron chi connectivity index (χ4n) is 1.59. The van der Waals surface area contributed by atoms with E-state index in [2.05, 4.69) is 15.9 Å². The van der Waals surface area contributed by atoms with Crippen molar-refractivity contribution in [3.63, 3.8) is 0 Å². The minimum atomic E-state index is -0.604. The highest BCUT2D eigenvalue weighted by molar-refractivity contribution is 9.10. The normalized spacial score (nSPS) is 10.5. The summed E-state index contributed by atoms with van der Waals surface area (Å²) in [6.07, 6.45) is 0. The molecule has 2 aromatic rings. The number of rotatable bonds is 4. The molecule has 0 radical (unpaired) electrons. The highest BCUT2D eigenvalue weighted by Gasteiger charge is 2.20. The average Bonchev–Trinajstić information content (AvgIpc) is 2.44. The van der Waals surface area contributed by atoms with E-state index >= 15 is 0 Å². The lowest BCUT2D eigenvalue weighted by atomic mass is 10.2. The Morgan fingerprint density at radius 2 is 1.86 bits per heavy atom. The van der Waals surface area contributed by atoms with E-state index in [0.717, 1.165) is 6.07 Å². The Kier molecular flexibility index (Phi) is 5.05. The zero-order chi connectivity index (χ0) is 15.6. The molecule has 110 valence electrons. The smallest absolute Gasteiger partial charge is 0.313 e. The van der Waals surface area contributed by atoms with E-state index in [0.29, 0.717) is 15.8 Å². The molecule has 0 unspecified atom stereocenters. The highest BCUT2D eigenvalue weighted by atomic mass is 79.9. The number of aliphatic hydroxyl groups excluding tert-OH is 1. The summed E-state index contributed by atoms with van der Waals surface area (Å²) in [4.78, 5) is 10.4. The van der Waals surface area contributed by atoms with E-state index in [9.17, 15) is 10.1 Å². The lowest BCUT2D eigenvalue weighted by Gasteiger charge is -2.10. The molecule has 2 rings (SSSR count). The van der Waals surface area contributed by atoms with Crippen molar-refractivity contribution in [2.75, 3.05) is 0 Å². The van der Waals surface area contributed by atoms with Crippen molar-refractivity contribution in [1.82, 2.24) is 0 Å². The minimum Gasteiger partial charge on any atom is -0.449 e. The van der Waals surface area contributed by atoms with Crippen LogP contribution in [0.5, 0.6) is 11.5 Å². The number of ether oxygens (including phenoxy) is 1. The van der Waals surface area contributed by atoms with E-state index < -0.39 is 4.92 Å². The van der Waals surface area contributed by atoms with Crippen LogP contribution in [0.2, 0.25) is 10.0 Å². The first-order valence-electron chi connectivity index (χ1n) is 5.63. The van der Waals surface area contributed by atoms with E-state index in [4.69, 9.17) is 33.0 Å². The number of halogens is 3. The van der Waals surface area contributed by atoms with Gasteiger partial charge in [-0.1, -0.05) is 29.3 Å². The van der Waals surface area contributed by atoms with Gasteiger partial charge in [0.1, 0.15) is 5.75 Å². The fraction of sp³-hybridized carbons (Fsp3) is 0.0769. The van der Waals surface area contributed by atoms with Gasteiger partial charge in [-0.3, -0.25) is 10.1 Å². The Bertz CT molecular complexity index is 709. The second-order valence-corrected chi connectivity index (χ2v) is 5.68. The molecule has 8 heteroatoms. The van der Waals surface area contributed by atoms with Gasteiger partial charge in [0.2, 0.25) is 5.75 Å². The van der Waals surface area contributed by atoms with Crippen LogP contribution in [0.1, 0.15) is 5.56 Å². The van der Waals surface area contributed by atoms with Gasteiger partial charge in [-0.05, 0) is 33.6 Å². The van der Waals surface area contributed by atoms with Gasteiger partial charge in [0.15, 0.2) is 0 Å². The third kappa shape index (κ3) is 3.65. The van der Waals surface area contributed by atoms with Gasteiger partial charge in [0, 0.05) is 12.1 Å². The maximum Gasteiger partial charge on any atom is 0.313 e. The third-order valence-electron chi connectivity index (χ3n) is 2.60. The number of hydrogen-bond donors (Lipinski definition) is 1. The highest BCUT2D eigenvalue weighted by Crippen LogP contribution is 2.39. The van der Waals surface area contributed by atoms with Gasteiger partial charge in [0.25, 0.3) is 0 Å². The maximum absolute atomic E-state index is 11.0. The number of nitrogens with zero attached hydrogens (tertiary/aromatic N) is 1. The minimum absolute atomic E-state index is 0.0214. The van der Waals surface area contributed by atoms with E-state index in [-0.39, 0.29) is 28.1 Å². The molecule has 0 amide bonds. The molecule has 0 saturated carbocycles. The summed E-state index contributed by atoms with van der Waals surface area (Å²) in [5.74, 6) is 0.334.